The number of phenolic OH excluding ortho intramolecular Hbond substituents is 1. The molecule has 0 amide bonds. The van der Waals surface area contributed by atoms with Gasteiger partial charge in [0.1, 0.15) is 5.15 Å². The van der Waals surface area contributed by atoms with E-state index in [1.54, 1.807) is 6.20 Å². The van der Waals surface area contributed by atoms with Crippen LogP contribution < -0.4 is 0 Å². The van der Waals surface area contributed by atoms with Crippen LogP contribution in [0.5, 0.6) is 5.75 Å². The molecule has 16 heavy (non-hydrogen) atoms. The van der Waals surface area contributed by atoms with Crippen molar-refractivity contribution in [3.63, 3.8) is 0 Å². The predicted molar refractivity (Wildman–Crippen MR) is 66.8 cm³/mol. The van der Waals surface area contributed by atoms with Gasteiger partial charge in [0.25, 0.3) is 0 Å². The van der Waals surface area contributed by atoms with Gasteiger partial charge in [-0.25, -0.2) is 14.4 Å². The van der Waals surface area contributed by atoms with Crippen LogP contribution in [0.4, 0.5) is 4.39 Å². The predicted octanol–water partition coefficient (Wildman–Crippen LogP) is 3.25. The summed E-state index contributed by atoms with van der Waals surface area (Å²) in [4.78, 5) is 8.04. The van der Waals surface area contributed by atoms with Gasteiger partial charge in [-0.15, -0.1) is 0 Å². The highest BCUT2D eigenvalue weighted by Gasteiger charge is 2.08. The minimum atomic E-state index is -0.712. The third kappa shape index (κ3) is 2.25. The quantitative estimate of drug-likeness (QED) is 0.634. The smallest absolute Gasteiger partial charge is 0.165 e. The Morgan fingerprint density at radius 3 is 2.75 bits per heavy atom. The van der Waals surface area contributed by atoms with Gasteiger partial charge < -0.3 is 5.11 Å². The average Bonchev–Trinajstić information content (AvgIpc) is 2.26. The summed E-state index contributed by atoms with van der Waals surface area (Å²) in [5.41, 5.74) is 0.466. The number of aromatic nitrogens is 2. The van der Waals surface area contributed by atoms with E-state index in [2.05, 4.69) is 9.97 Å². The highest BCUT2D eigenvalue weighted by molar-refractivity contribution is 14.1. The van der Waals surface area contributed by atoms with Crippen molar-refractivity contribution in [3.8, 4) is 17.1 Å². The molecule has 82 valence electrons. The molecule has 3 nitrogen and oxygen atoms in total. The van der Waals surface area contributed by atoms with Crippen LogP contribution >= 0.6 is 34.2 Å². The Balaban J connectivity index is 2.50. The zero-order chi connectivity index (χ0) is 11.7. The van der Waals surface area contributed by atoms with Gasteiger partial charge >= 0.3 is 0 Å². The van der Waals surface area contributed by atoms with E-state index in [0.29, 0.717) is 16.5 Å². The summed E-state index contributed by atoms with van der Waals surface area (Å²) in [6.07, 6.45) is 1.55. The highest BCUT2D eigenvalue weighted by atomic mass is 127. The van der Waals surface area contributed by atoms with E-state index in [9.17, 15) is 4.39 Å². The molecule has 0 fully saturated rings. The average molecular weight is 351 g/mol. The van der Waals surface area contributed by atoms with Crippen molar-refractivity contribution in [1.29, 1.82) is 0 Å². The fourth-order valence-corrected chi connectivity index (χ4v) is 1.52. The van der Waals surface area contributed by atoms with Gasteiger partial charge in [-0.3, -0.25) is 0 Å². The Labute approximate surface area is 109 Å². The van der Waals surface area contributed by atoms with Gasteiger partial charge in [-0.05, 0) is 40.8 Å². The van der Waals surface area contributed by atoms with Gasteiger partial charge in [-0.1, -0.05) is 11.6 Å². The van der Waals surface area contributed by atoms with E-state index < -0.39 is 11.6 Å². The fraction of sp³-hybridized carbons (Fsp3) is 0. The number of phenols is 1. The second kappa shape index (κ2) is 4.50. The van der Waals surface area contributed by atoms with E-state index >= 15 is 0 Å². The van der Waals surface area contributed by atoms with Crippen LogP contribution in [0.2, 0.25) is 5.15 Å². The molecule has 0 radical (unpaired) electrons. The fourth-order valence-electron chi connectivity index (χ4n) is 1.13. The van der Waals surface area contributed by atoms with Crippen molar-refractivity contribution < 1.29 is 9.50 Å². The van der Waals surface area contributed by atoms with Crippen LogP contribution in [0, 0.1) is 9.39 Å². The Morgan fingerprint density at radius 1 is 1.38 bits per heavy atom. The Morgan fingerprint density at radius 2 is 2.12 bits per heavy atom. The molecule has 1 N–H and O–H groups in total. The van der Waals surface area contributed by atoms with Crippen LogP contribution in [0.15, 0.2) is 24.4 Å². The standard InChI is InChI=1S/C10H5ClFIN2O/c11-9-7(13)4-14-10(15-9)5-1-2-8(16)6(12)3-5/h1-4,16H. The van der Waals surface area contributed by atoms with E-state index in [0.717, 1.165) is 9.64 Å². The topological polar surface area (TPSA) is 46.0 Å². The van der Waals surface area contributed by atoms with Gasteiger partial charge in [0, 0.05) is 11.8 Å². The molecule has 0 aliphatic carbocycles. The zero-order valence-electron chi connectivity index (χ0n) is 7.78. The third-order valence-electron chi connectivity index (χ3n) is 1.91. The second-order valence-corrected chi connectivity index (χ2v) is 4.52. The summed E-state index contributed by atoms with van der Waals surface area (Å²) in [7, 11) is 0. The van der Waals surface area contributed by atoms with Crippen molar-refractivity contribution in [1.82, 2.24) is 9.97 Å². The maximum atomic E-state index is 13.1. The van der Waals surface area contributed by atoms with Crippen molar-refractivity contribution >= 4 is 34.2 Å². The molecule has 0 unspecified atom stereocenters. The normalized spacial score (nSPS) is 10.4. The molecule has 0 aliphatic heterocycles. The molecule has 2 rings (SSSR count). The Hall–Kier alpha value is -0.950. The van der Waals surface area contributed by atoms with Crippen molar-refractivity contribution in [2.45, 2.75) is 0 Å². The Bertz CT molecular complexity index is 501. The van der Waals surface area contributed by atoms with Crippen molar-refractivity contribution in [2.24, 2.45) is 0 Å². The lowest BCUT2D eigenvalue weighted by molar-refractivity contribution is 0.432. The summed E-state index contributed by atoms with van der Waals surface area (Å²) in [5, 5.41) is 9.36. The number of rotatable bonds is 1. The molecule has 1 aromatic carbocycles. The zero-order valence-corrected chi connectivity index (χ0v) is 10.7. The highest BCUT2D eigenvalue weighted by Crippen LogP contribution is 2.24. The van der Waals surface area contributed by atoms with E-state index in [1.165, 1.54) is 12.1 Å². The molecular weight excluding hydrogens is 345 g/mol. The largest absolute Gasteiger partial charge is 0.505 e. The maximum absolute atomic E-state index is 13.1. The van der Waals surface area contributed by atoms with E-state index in [1.807, 2.05) is 22.6 Å². The summed E-state index contributed by atoms with van der Waals surface area (Å²) < 4.78 is 13.8. The first-order valence-corrected chi connectivity index (χ1v) is 5.70. The molecule has 1 heterocycles. The molecule has 1 aromatic heterocycles. The molecule has 0 bridgehead atoms. The summed E-state index contributed by atoms with van der Waals surface area (Å²) in [6.45, 7) is 0. The number of benzene rings is 1. The lowest BCUT2D eigenvalue weighted by Gasteiger charge is -2.02. The van der Waals surface area contributed by atoms with Gasteiger partial charge in [0.05, 0.1) is 3.57 Å². The van der Waals surface area contributed by atoms with E-state index in [-0.39, 0.29) is 0 Å². The number of halogens is 3. The monoisotopic (exact) mass is 350 g/mol. The van der Waals surface area contributed by atoms with Crippen LogP contribution in [-0.2, 0) is 0 Å². The molecule has 0 spiro atoms. The van der Waals surface area contributed by atoms with Crippen molar-refractivity contribution in [3.05, 3.63) is 38.9 Å². The van der Waals surface area contributed by atoms with Crippen LogP contribution in [-0.4, -0.2) is 15.1 Å². The maximum Gasteiger partial charge on any atom is 0.165 e. The lowest BCUT2D eigenvalue weighted by Crippen LogP contribution is -1.92. The SMILES string of the molecule is Oc1ccc(-c2ncc(I)c(Cl)n2)cc1F. The number of aromatic hydroxyl groups is 1. The lowest BCUT2D eigenvalue weighted by atomic mass is 10.2. The van der Waals surface area contributed by atoms with Crippen LogP contribution in [0.3, 0.4) is 0 Å². The molecule has 0 saturated carbocycles. The van der Waals surface area contributed by atoms with E-state index in [4.69, 9.17) is 16.7 Å². The minimum Gasteiger partial charge on any atom is -0.505 e. The first-order valence-electron chi connectivity index (χ1n) is 4.25. The van der Waals surface area contributed by atoms with Crippen molar-refractivity contribution in [2.75, 3.05) is 0 Å². The van der Waals surface area contributed by atoms with Gasteiger partial charge in [-0.2, -0.15) is 0 Å². The molecule has 6 heteroatoms. The van der Waals surface area contributed by atoms with Crippen LogP contribution in [0.1, 0.15) is 0 Å². The molecule has 2 aromatic rings. The third-order valence-corrected chi connectivity index (χ3v) is 3.30. The van der Waals surface area contributed by atoms with Crippen LogP contribution in [0.25, 0.3) is 11.4 Å². The molecule has 0 aliphatic rings. The molecule has 0 atom stereocenters. The summed E-state index contributed by atoms with van der Waals surface area (Å²) in [5.74, 6) is -0.791. The van der Waals surface area contributed by atoms with Gasteiger partial charge in [0.2, 0.25) is 0 Å². The number of hydrogen-bond acceptors (Lipinski definition) is 3. The summed E-state index contributed by atoms with van der Waals surface area (Å²) in [6, 6.07) is 3.94. The number of nitrogens with zero attached hydrogens (tertiary/aromatic N) is 2. The summed E-state index contributed by atoms with van der Waals surface area (Å²) >= 11 is 7.83. The molecule has 0 saturated heterocycles. The van der Waals surface area contributed by atoms with Gasteiger partial charge in [0.15, 0.2) is 17.4 Å². The Kier molecular flexibility index (Phi) is 3.25. The first kappa shape index (κ1) is 11.5. The minimum absolute atomic E-state index is 0.319. The number of hydrogen-bond donors (Lipinski definition) is 1. The second-order valence-electron chi connectivity index (χ2n) is 3.00. The first-order chi connectivity index (χ1) is 7.58. The molecular formula is C10H5ClFIN2O.